The van der Waals surface area contributed by atoms with E-state index in [9.17, 15) is 9.90 Å². The third-order valence-corrected chi connectivity index (χ3v) is 3.67. The maximum Gasteiger partial charge on any atom is 0.323 e. The van der Waals surface area contributed by atoms with Gasteiger partial charge in [-0.2, -0.15) is 0 Å². The lowest BCUT2D eigenvalue weighted by atomic mass is 9.92. The van der Waals surface area contributed by atoms with Crippen LogP contribution in [0.2, 0.25) is 0 Å². The summed E-state index contributed by atoms with van der Waals surface area (Å²) in [7, 11) is 0. The van der Waals surface area contributed by atoms with Gasteiger partial charge in [-0.3, -0.25) is 4.79 Å². The van der Waals surface area contributed by atoms with Crippen LogP contribution >= 0.6 is 0 Å². The Balaban J connectivity index is 1.82. The fourth-order valence-electron chi connectivity index (χ4n) is 2.66. The SMILES string of the molecule is CCOC(C)Oc1ccc(C2C(=O)Oc3cc(O)ccc32)cc1. The van der Waals surface area contributed by atoms with Crippen LogP contribution in [0.3, 0.4) is 0 Å². The number of phenols is 1. The minimum Gasteiger partial charge on any atom is -0.508 e. The summed E-state index contributed by atoms with van der Waals surface area (Å²) in [4.78, 5) is 12.1. The summed E-state index contributed by atoms with van der Waals surface area (Å²) in [6, 6.07) is 12.0. The second-order valence-corrected chi connectivity index (χ2v) is 5.29. The summed E-state index contributed by atoms with van der Waals surface area (Å²) in [5.41, 5.74) is 1.57. The number of fused-ring (bicyclic) bond motifs is 1. The highest BCUT2D eigenvalue weighted by Gasteiger charge is 2.34. The summed E-state index contributed by atoms with van der Waals surface area (Å²) in [5.74, 6) is 0.328. The van der Waals surface area contributed by atoms with Gasteiger partial charge in [-0.25, -0.2) is 0 Å². The Morgan fingerprint density at radius 1 is 1.22 bits per heavy atom. The molecule has 5 heteroatoms. The van der Waals surface area contributed by atoms with Crippen molar-refractivity contribution in [2.24, 2.45) is 0 Å². The lowest BCUT2D eigenvalue weighted by molar-refractivity contribution is -0.133. The standard InChI is InChI=1S/C18H18O5/c1-3-21-11(2)22-14-7-4-12(5-8-14)17-15-9-6-13(19)10-16(15)23-18(17)20/h4-11,17,19H,3H2,1-2H3. The lowest BCUT2D eigenvalue weighted by Gasteiger charge is -2.15. The molecule has 5 nitrogen and oxygen atoms in total. The van der Waals surface area contributed by atoms with Crippen molar-refractivity contribution in [3.05, 3.63) is 53.6 Å². The first kappa shape index (κ1) is 15.4. The zero-order chi connectivity index (χ0) is 16.4. The van der Waals surface area contributed by atoms with Crippen LogP contribution in [0.25, 0.3) is 0 Å². The molecule has 2 atom stereocenters. The molecule has 1 heterocycles. The van der Waals surface area contributed by atoms with E-state index >= 15 is 0 Å². The molecule has 120 valence electrons. The number of ether oxygens (including phenoxy) is 3. The normalized spacial score (nSPS) is 17.5. The van der Waals surface area contributed by atoms with Gasteiger partial charge in [0.05, 0.1) is 0 Å². The van der Waals surface area contributed by atoms with Crippen LogP contribution in [-0.2, 0) is 9.53 Å². The first-order valence-corrected chi connectivity index (χ1v) is 7.51. The van der Waals surface area contributed by atoms with Gasteiger partial charge in [-0.15, -0.1) is 0 Å². The van der Waals surface area contributed by atoms with Gasteiger partial charge in [0.25, 0.3) is 0 Å². The molecule has 3 rings (SSSR count). The number of hydrogen-bond donors (Lipinski definition) is 1. The van der Waals surface area contributed by atoms with Gasteiger partial charge in [0.15, 0.2) is 6.29 Å². The Bertz CT molecular complexity index is 708. The molecule has 2 aromatic carbocycles. The second-order valence-electron chi connectivity index (χ2n) is 5.29. The number of esters is 1. The van der Waals surface area contributed by atoms with Crippen molar-refractivity contribution in [1.29, 1.82) is 0 Å². The molecule has 0 aliphatic carbocycles. The molecule has 0 saturated carbocycles. The van der Waals surface area contributed by atoms with Crippen LogP contribution in [0.1, 0.15) is 30.9 Å². The molecule has 2 unspecified atom stereocenters. The topological polar surface area (TPSA) is 65.0 Å². The molecule has 23 heavy (non-hydrogen) atoms. The Morgan fingerprint density at radius 2 is 1.96 bits per heavy atom. The van der Waals surface area contributed by atoms with E-state index in [0.29, 0.717) is 18.1 Å². The van der Waals surface area contributed by atoms with Gasteiger partial charge in [0.1, 0.15) is 23.2 Å². The summed E-state index contributed by atoms with van der Waals surface area (Å²) in [5, 5.41) is 9.48. The van der Waals surface area contributed by atoms with E-state index < -0.39 is 5.92 Å². The summed E-state index contributed by atoms with van der Waals surface area (Å²) < 4.78 is 16.2. The number of hydrogen-bond acceptors (Lipinski definition) is 5. The fourth-order valence-corrected chi connectivity index (χ4v) is 2.66. The summed E-state index contributed by atoms with van der Waals surface area (Å²) in [6.45, 7) is 4.31. The van der Waals surface area contributed by atoms with E-state index in [4.69, 9.17) is 14.2 Å². The molecule has 2 aromatic rings. The first-order valence-electron chi connectivity index (χ1n) is 7.51. The predicted octanol–water partition coefficient (Wildman–Crippen LogP) is 3.20. The van der Waals surface area contributed by atoms with Crippen molar-refractivity contribution >= 4 is 5.97 Å². The molecule has 0 saturated heterocycles. The van der Waals surface area contributed by atoms with E-state index in [1.165, 1.54) is 6.07 Å². The van der Waals surface area contributed by atoms with Crippen LogP contribution in [0.4, 0.5) is 0 Å². The van der Waals surface area contributed by atoms with E-state index in [1.807, 2.05) is 26.0 Å². The van der Waals surface area contributed by atoms with Crippen molar-refractivity contribution < 1.29 is 24.1 Å². The number of benzene rings is 2. The van der Waals surface area contributed by atoms with Crippen molar-refractivity contribution in [2.75, 3.05) is 6.61 Å². The summed E-state index contributed by atoms with van der Waals surface area (Å²) in [6.07, 6.45) is -0.328. The van der Waals surface area contributed by atoms with Crippen molar-refractivity contribution in [3.63, 3.8) is 0 Å². The maximum atomic E-state index is 12.1. The Morgan fingerprint density at radius 3 is 2.65 bits per heavy atom. The highest BCUT2D eigenvalue weighted by Crippen LogP contribution is 2.41. The van der Waals surface area contributed by atoms with E-state index in [2.05, 4.69) is 0 Å². The first-order chi connectivity index (χ1) is 11.1. The van der Waals surface area contributed by atoms with Crippen molar-refractivity contribution in [3.8, 4) is 17.2 Å². The number of carbonyl (C=O) groups excluding carboxylic acids is 1. The molecule has 0 bridgehead atoms. The quantitative estimate of drug-likeness (QED) is 0.521. The van der Waals surface area contributed by atoms with Crippen LogP contribution in [0.15, 0.2) is 42.5 Å². The smallest absolute Gasteiger partial charge is 0.323 e. The van der Waals surface area contributed by atoms with Crippen LogP contribution in [-0.4, -0.2) is 24.0 Å². The van der Waals surface area contributed by atoms with Crippen LogP contribution in [0.5, 0.6) is 17.2 Å². The van der Waals surface area contributed by atoms with Crippen LogP contribution < -0.4 is 9.47 Å². The van der Waals surface area contributed by atoms with Crippen molar-refractivity contribution in [2.45, 2.75) is 26.1 Å². The molecule has 0 spiro atoms. The molecular weight excluding hydrogens is 296 g/mol. The van der Waals surface area contributed by atoms with Crippen LogP contribution in [0, 0.1) is 0 Å². The average Bonchev–Trinajstić information content (AvgIpc) is 2.83. The Kier molecular flexibility index (Phi) is 4.21. The minimum absolute atomic E-state index is 0.0749. The third-order valence-electron chi connectivity index (χ3n) is 3.67. The van der Waals surface area contributed by atoms with E-state index in [0.717, 1.165) is 11.1 Å². The molecule has 1 aliphatic rings. The molecule has 0 amide bonds. The van der Waals surface area contributed by atoms with Gasteiger partial charge in [0, 0.05) is 18.2 Å². The largest absolute Gasteiger partial charge is 0.508 e. The number of aromatic hydroxyl groups is 1. The number of carbonyl (C=O) groups is 1. The Labute approximate surface area is 134 Å². The van der Waals surface area contributed by atoms with Gasteiger partial charge in [-0.1, -0.05) is 18.2 Å². The minimum atomic E-state index is -0.482. The van der Waals surface area contributed by atoms with Crippen molar-refractivity contribution in [1.82, 2.24) is 0 Å². The highest BCUT2D eigenvalue weighted by atomic mass is 16.7. The maximum absolute atomic E-state index is 12.1. The highest BCUT2D eigenvalue weighted by molar-refractivity contribution is 5.89. The monoisotopic (exact) mass is 314 g/mol. The molecule has 1 aliphatic heterocycles. The molecule has 0 fully saturated rings. The number of rotatable bonds is 5. The van der Waals surface area contributed by atoms with E-state index in [-0.39, 0.29) is 18.0 Å². The zero-order valence-electron chi connectivity index (χ0n) is 13.0. The van der Waals surface area contributed by atoms with E-state index in [1.54, 1.807) is 24.3 Å². The van der Waals surface area contributed by atoms with Gasteiger partial charge in [-0.05, 0) is 37.6 Å². The number of phenolic OH excluding ortho intramolecular Hbond substituents is 1. The van der Waals surface area contributed by atoms with Gasteiger partial charge < -0.3 is 19.3 Å². The molecule has 0 radical (unpaired) electrons. The third kappa shape index (κ3) is 3.14. The zero-order valence-corrected chi connectivity index (χ0v) is 13.0. The predicted molar refractivity (Wildman–Crippen MR) is 83.7 cm³/mol. The lowest BCUT2D eigenvalue weighted by Crippen LogP contribution is -2.16. The molecule has 0 aromatic heterocycles. The van der Waals surface area contributed by atoms with Gasteiger partial charge >= 0.3 is 5.97 Å². The molecule has 1 N–H and O–H groups in total. The second kappa shape index (κ2) is 6.30. The molecular formula is C18H18O5. The summed E-state index contributed by atoms with van der Waals surface area (Å²) >= 11 is 0. The Hall–Kier alpha value is -2.53. The van der Waals surface area contributed by atoms with Gasteiger partial charge in [0.2, 0.25) is 0 Å². The average molecular weight is 314 g/mol. The fraction of sp³-hybridized carbons (Fsp3) is 0.278.